The smallest absolute Gasteiger partial charge is 0.307 e. The lowest BCUT2D eigenvalue weighted by molar-refractivity contribution is -0.141. The molecule has 0 unspecified atom stereocenters. The highest BCUT2D eigenvalue weighted by Crippen LogP contribution is 2.25. The number of hydrogen-bond acceptors (Lipinski definition) is 5. The number of methoxy groups -OCH3 is 2. The number of ether oxygens (including phenoxy) is 3. The van der Waals surface area contributed by atoms with Gasteiger partial charge in [-0.3, -0.25) is 9.59 Å². The van der Waals surface area contributed by atoms with E-state index in [9.17, 15) is 9.59 Å². The Hall–Kier alpha value is -3.02. The maximum absolute atomic E-state index is 12.3. The van der Waals surface area contributed by atoms with Gasteiger partial charge in [-0.25, -0.2) is 0 Å². The van der Waals surface area contributed by atoms with E-state index in [2.05, 4.69) is 5.32 Å². The third-order valence-electron chi connectivity index (χ3n) is 3.84. The Kier molecular flexibility index (Phi) is 7.02. The molecule has 0 radical (unpaired) electrons. The van der Waals surface area contributed by atoms with Crippen molar-refractivity contribution < 1.29 is 23.8 Å². The van der Waals surface area contributed by atoms with Gasteiger partial charge in [0.1, 0.15) is 0 Å². The van der Waals surface area contributed by atoms with Gasteiger partial charge in [-0.2, -0.15) is 0 Å². The van der Waals surface area contributed by atoms with Gasteiger partial charge in [0.15, 0.2) is 18.1 Å². The van der Waals surface area contributed by atoms with Crippen LogP contribution in [0.5, 0.6) is 11.5 Å². The minimum atomic E-state index is -0.489. The summed E-state index contributed by atoms with van der Waals surface area (Å²) < 4.78 is 15.4. The average molecular weight is 357 g/mol. The number of amides is 1. The van der Waals surface area contributed by atoms with Crippen LogP contribution in [0.3, 0.4) is 0 Å². The van der Waals surface area contributed by atoms with Crippen LogP contribution in [0.4, 0.5) is 0 Å². The van der Waals surface area contributed by atoms with Crippen molar-refractivity contribution in [1.82, 2.24) is 5.32 Å². The SMILES string of the molecule is COC(=O)C[C@@H](NC(=O)COc1ccccc1OC)c1ccc(C)cc1. The molecule has 0 bridgehead atoms. The molecule has 2 aromatic rings. The summed E-state index contributed by atoms with van der Waals surface area (Å²) in [5.41, 5.74) is 1.92. The first kappa shape index (κ1) is 19.3. The maximum atomic E-state index is 12.3. The van der Waals surface area contributed by atoms with E-state index < -0.39 is 12.0 Å². The van der Waals surface area contributed by atoms with Crippen molar-refractivity contribution in [2.24, 2.45) is 0 Å². The van der Waals surface area contributed by atoms with Crippen LogP contribution in [0.2, 0.25) is 0 Å². The van der Waals surface area contributed by atoms with Crippen LogP contribution < -0.4 is 14.8 Å². The fraction of sp³-hybridized carbons (Fsp3) is 0.300. The number of hydrogen-bond donors (Lipinski definition) is 1. The van der Waals surface area contributed by atoms with Gasteiger partial charge < -0.3 is 19.5 Å². The summed E-state index contributed by atoms with van der Waals surface area (Å²) in [7, 11) is 2.85. The van der Waals surface area contributed by atoms with Crippen LogP contribution >= 0.6 is 0 Å². The highest BCUT2D eigenvalue weighted by atomic mass is 16.5. The standard InChI is InChI=1S/C20H23NO5/c1-14-8-10-15(11-9-14)16(12-20(23)25-3)21-19(22)13-26-18-7-5-4-6-17(18)24-2/h4-11,16H,12-13H2,1-3H3,(H,21,22)/t16-/m1/s1. The number of benzene rings is 2. The van der Waals surface area contributed by atoms with Gasteiger partial charge in [0.2, 0.25) is 0 Å². The highest BCUT2D eigenvalue weighted by molar-refractivity contribution is 5.79. The van der Waals surface area contributed by atoms with E-state index >= 15 is 0 Å². The average Bonchev–Trinajstić information content (AvgIpc) is 2.66. The van der Waals surface area contributed by atoms with E-state index in [-0.39, 0.29) is 18.9 Å². The molecule has 6 nitrogen and oxygen atoms in total. The summed E-state index contributed by atoms with van der Waals surface area (Å²) in [5, 5.41) is 2.82. The summed E-state index contributed by atoms with van der Waals surface area (Å²) in [6.07, 6.45) is 0.0416. The van der Waals surface area contributed by atoms with E-state index in [0.717, 1.165) is 11.1 Å². The summed E-state index contributed by atoms with van der Waals surface area (Å²) in [6.45, 7) is 1.78. The fourth-order valence-corrected chi connectivity index (χ4v) is 2.42. The predicted molar refractivity (Wildman–Crippen MR) is 97.2 cm³/mol. The predicted octanol–water partition coefficient (Wildman–Crippen LogP) is 2.80. The van der Waals surface area contributed by atoms with Crippen molar-refractivity contribution in [3.05, 3.63) is 59.7 Å². The number of carbonyl (C=O) groups excluding carboxylic acids is 2. The lowest BCUT2D eigenvalue weighted by Crippen LogP contribution is -2.34. The minimum Gasteiger partial charge on any atom is -0.493 e. The largest absolute Gasteiger partial charge is 0.493 e. The number of para-hydroxylation sites is 2. The highest BCUT2D eigenvalue weighted by Gasteiger charge is 2.19. The van der Waals surface area contributed by atoms with Crippen molar-refractivity contribution in [2.45, 2.75) is 19.4 Å². The number of nitrogens with one attached hydrogen (secondary N) is 1. The first-order valence-electron chi connectivity index (χ1n) is 8.22. The summed E-state index contributed by atoms with van der Waals surface area (Å²) in [4.78, 5) is 24.0. The normalized spacial score (nSPS) is 11.3. The van der Waals surface area contributed by atoms with Crippen LogP contribution in [-0.2, 0) is 14.3 Å². The Bertz CT molecular complexity index is 742. The molecule has 0 spiro atoms. The van der Waals surface area contributed by atoms with Crippen LogP contribution in [0, 0.1) is 6.92 Å². The topological polar surface area (TPSA) is 73.9 Å². The molecule has 26 heavy (non-hydrogen) atoms. The van der Waals surface area contributed by atoms with E-state index in [1.807, 2.05) is 37.3 Å². The van der Waals surface area contributed by atoms with Crippen LogP contribution in [0.15, 0.2) is 48.5 Å². The van der Waals surface area contributed by atoms with E-state index in [1.54, 1.807) is 18.2 Å². The van der Waals surface area contributed by atoms with Gasteiger partial charge in [0.25, 0.3) is 5.91 Å². The zero-order chi connectivity index (χ0) is 18.9. The Morgan fingerprint density at radius 3 is 2.27 bits per heavy atom. The van der Waals surface area contributed by atoms with Crippen molar-refractivity contribution in [3.63, 3.8) is 0 Å². The molecular formula is C20H23NO5. The van der Waals surface area contributed by atoms with Crippen molar-refractivity contribution in [2.75, 3.05) is 20.8 Å². The number of aryl methyl sites for hydroxylation is 1. The van der Waals surface area contributed by atoms with Gasteiger partial charge in [-0.1, -0.05) is 42.0 Å². The molecule has 0 aliphatic rings. The van der Waals surface area contributed by atoms with Gasteiger partial charge >= 0.3 is 5.97 Å². The van der Waals surface area contributed by atoms with Crippen LogP contribution in [-0.4, -0.2) is 32.7 Å². The first-order chi connectivity index (χ1) is 12.5. The molecule has 0 aromatic heterocycles. The zero-order valence-corrected chi connectivity index (χ0v) is 15.2. The van der Waals surface area contributed by atoms with Gasteiger partial charge in [0.05, 0.1) is 26.7 Å². The van der Waals surface area contributed by atoms with E-state index in [4.69, 9.17) is 14.2 Å². The molecule has 138 valence electrons. The second-order valence-electron chi connectivity index (χ2n) is 5.75. The maximum Gasteiger partial charge on any atom is 0.307 e. The molecule has 1 atom stereocenters. The van der Waals surface area contributed by atoms with Crippen molar-refractivity contribution in [1.29, 1.82) is 0 Å². The zero-order valence-electron chi connectivity index (χ0n) is 15.2. The number of carbonyl (C=O) groups is 2. The Morgan fingerprint density at radius 2 is 1.65 bits per heavy atom. The molecule has 0 saturated carbocycles. The number of esters is 1. The quantitative estimate of drug-likeness (QED) is 0.736. The number of rotatable bonds is 8. The molecule has 2 rings (SSSR count). The third kappa shape index (κ3) is 5.51. The molecule has 0 aliphatic carbocycles. The summed E-state index contributed by atoms with van der Waals surface area (Å²) in [5.74, 6) is 0.279. The molecule has 2 aromatic carbocycles. The van der Waals surface area contributed by atoms with Gasteiger partial charge in [-0.15, -0.1) is 0 Å². The lowest BCUT2D eigenvalue weighted by atomic mass is 10.0. The Morgan fingerprint density at radius 1 is 1.00 bits per heavy atom. The minimum absolute atomic E-state index is 0.0416. The van der Waals surface area contributed by atoms with Gasteiger partial charge in [-0.05, 0) is 24.6 Å². The van der Waals surface area contributed by atoms with E-state index in [0.29, 0.717) is 11.5 Å². The molecule has 0 aliphatic heterocycles. The molecule has 0 saturated heterocycles. The first-order valence-corrected chi connectivity index (χ1v) is 8.22. The van der Waals surface area contributed by atoms with Crippen LogP contribution in [0.25, 0.3) is 0 Å². The molecular weight excluding hydrogens is 334 g/mol. The molecule has 1 amide bonds. The third-order valence-corrected chi connectivity index (χ3v) is 3.84. The Labute approximate surface area is 153 Å². The van der Waals surface area contributed by atoms with Crippen molar-refractivity contribution >= 4 is 11.9 Å². The second kappa shape index (κ2) is 9.46. The molecule has 0 fully saturated rings. The molecule has 0 heterocycles. The lowest BCUT2D eigenvalue weighted by Gasteiger charge is -2.19. The summed E-state index contributed by atoms with van der Waals surface area (Å²) >= 11 is 0. The second-order valence-corrected chi connectivity index (χ2v) is 5.75. The van der Waals surface area contributed by atoms with Crippen molar-refractivity contribution in [3.8, 4) is 11.5 Å². The monoisotopic (exact) mass is 357 g/mol. The van der Waals surface area contributed by atoms with Gasteiger partial charge in [0, 0.05) is 0 Å². The fourth-order valence-electron chi connectivity index (χ4n) is 2.42. The van der Waals surface area contributed by atoms with Crippen LogP contribution in [0.1, 0.15) is 23.6 Å². The molecule has 6 heteroatoms. The summed E-state index contributed by atoms with van der Waals surface area (Å²) in [6, 6.07) is 14.2. The Balaban J connectivity index is 2.03. The van der Waals surface area contributed by atoms with E-state index in [1.165, 1.54) is 14.2 Å². The molecule has 1 N–H and O–H groups in total.